The lowest BCUT2D eigenvalue weighted by Gasteiger charge is -2.46. The summed E-state index contributed by atoms with van der Waals surface area (Å²) in [7, 11) is 0. The average Bonchev–Trinajstić information content (AvgIpc) is 3.32. The van der Waals surface area contributed by atoms with Gasteiger partial charge in [0.05, 0.1) is 0 Å². The number of carbonyl (C=O) groups is 1. The Kier molecular flexibility index (Phi) is 4.28. The van der Waals surface area contributed by atoms with E-state index in [1.807, 2.05) is 25.7 Å². The summed E-state index contributed by atoms with van der Waals surface area (Å²) in [6.07, 6.45) is 8.24. The van der Waals surface area contributed by atoms with Gasteiger partial charge < -0.3 is 9.64 Å². The van der Waals surface area contributed by atoms with Crippen LogP contribution in [0.3, 0.4) is 0 Å². The third-order valence-electron chi connectivity index (χ3n) is 6.22. The van der Waals surface area contributed by atoms with E-state index in [2.05, 4.69) is 9.80 Å². The van der Waals surface area contributed by atoms with Gasteiger partial charge in [0.25, 0.3) is 0 Å². The van der Waals surface area contributed by atoms with E-state index in [4.69, 9.17) is 4.74 Å². The first-order valence-corrected chi connectivity index (χ1v) is 9.90. The molecule has 5 nitrogen and oxygen atoms in total. The van der Waals surface area contributed by atoms with Crippen molar-refractivity contribution in [2.24, 2.45) is 0 Å². The average molecular weight is 335 g/mol. The number of carbonyl (C=O) groups excluding carboxylic acids is 1. The lowest BCUT2D eigenvalue weighted by atomic mass is 9.95. The summed E-state index contributed by atoms with van der Waals surface area (Å²) >= 11 is 0. The molecule has 5 heteroatoms. The molecule has 2 atom stereocenters. The summed E-state index contributed by atoms with van der Waals surface area (Å²) in [6, 6.07) is 3.33. The predicted octanol–water partition coefficient (Wildman–Crippen LogP) is 2.70. The summed E-state index contributed by atoms with van der Waals surface area (Å²) < 4.78 is 5.51. The molecule has 4 aliphatic rings. The molecule has 3 saturated heterocycles. The maximum Gasteiger partial charge on any atom is 0.410 e. The molecule has 0 N–H and O–H groups in total. The van der Waals surface area contributed by atoms with Gasteiger partial charge in [-0.05, 0) is 59.3 Å². The molecule has 24 heavy (non-hydrogen) atoms. The van der Waals surface area contributed by atoms with Crippen molar-refractivity contribution in [1.82, 2.24) is 14.7 Å². The highest BCUT2D eigenvalue weighted by Crippen LogP contribution is 2.44. The highest BCUT2D eigenvalue weighted by molar-refractivity contribution is 5.68. The van der Waals surface area contributed by atoms with Crippen molar-refractivity contribution in [3.05, 3.63) is 0 Å². The number of ether oxygens (including phenoxy) is 1. The molecular weight excluding hydrogens is 302 g/mol. The van der Waals surface area contributed by atoms with Crippen LogP contribution in [0, 0.1) is 0 Å². The normalized spacial score (nSPS) is 35.3. The Morgan fingerprint density at radius 2 is 1.38 bits per heavy atom. The standard InChI is InChI=1S/C19H33N3O2/c1-19(2,3)24-18(23)21-10-8-20(9-11-21)17-12-15-6-7-16(13-17)22(15)14-4-5-14/h14-17H,4-13H2,1-3H3. The van der Waals surface area contributed by atoms with Crippen LogP contribution in [0.1, 0.15) is 59.3 Å². The van der Waals surface area contributed by atoms with Gasteiger partial charge in [-0.1, -0.05) is 0 Å². The van der Waals surface area contributed by atoms with Crippen molar-refractivity contribution < 1.29 is 9.53 Å². The fourth-order valence-corrected chi connectivity index (χ4v) is 5.05. The van der Waals surface area contributed by atoms with Crippen LogP contribution >= 0.6 is 0 Å². The Labute approximate surface area is 146 Å². The molecule has 0 radical (unpaired) electrons. The van der Waals surface area contributed by atoms with Crippen molar-refractivity contribution in [3.63, 3.8) is 0 Å². The molecule has 0 aromatic carbocycles. The summed E-state index contributed by atoms with van der Waals surface area (Å²) in [6.45, 7) is 9.44. The van der Waals surface area contributed by atoms with E-state index in [0.29, 0.717) is 0 Å². The molecule has 3 heterocycles. The molecule has 136 valence electrons. The second kappa shape index (κ2) is 6.17. The zero-order valence-electron chi connectivity index (χ0n) is 15.5. The minimum absolute atomic E-state index is 0.147. The highest BCUT2D eigenvalue weighted by Gasteiger charge is 2.48. The molecule has 2 unspecified atom stereocenters. The number of amides is 1. The van der Waals surface area contributed by atoms with Crippen LogP contribution in [-0.4, -0.2) is 76.7 Å². The number of fused-ring (bicyclic) bond motifs is 2. The topological polar surface area (TPSA) is 36.0 Å². The van der Waals surface area contributed by atoms with Gasteiger partial charge in [-0.25, -0.2) is 4.79 Å². The minimum Gasteiger partial charge on any atom is -0.444 e. The van der Waals surface area contributed by atoms with Crippen LogP contribution in [0.4, 0.5) is 4.79 Å². The van der Waals surface area contributed by atoms with Crippen molar-refractivity contribution in [2.75, 3.05) is 26.2 Å². The Morgan fingerprint density at radius 1 is 0.833 bits per heavy atom. The third-order valence-corrected chi connectivity index (χ3v) is 6.22. The van der Waals surface area contributed by atoms with Gasteiger partial charge in [-0.15, -0.1) is 0 Å². The summed E-state index contributed by atoms with van der Waals surface area (Å²) in [5.41, 5.74) is -0.400. The van der Waals surface area contributed by atoms with Crippen LogP contribution < -0.4 is 0 Å². The van der Waals surface area contributed by atoms with Gasteiger partial charge in [0.15, 0.2) is 0 Å². The van der Waals surface area contributed by atoms with E-state index in [1.165, 1.54) is 38.5 Å². The van der Waals surface area contributed by atoms with Gasteiger partial charge in [-0.2, -0.15) is 0 Å². The minimum atomic E-state index is -0.400. The number of piperidine rings is 1. The van der Waals surface area contributed by atoms with E-state index < -0.39 is 5.60 Å². The number of hydrogen-bond acceptors (Lipinski definition) is 4. The predicted molar refractivity (Wildman–Crippen MR) is 94.1 cm³/mol. The molecule has 1 saturated carbocycles. The molecule has 1 amide bonds. The lowest BCUT2D eigenvalue weighted by Crippen LogP contribution is -2.57. The van der Waals surface area contributed by atoms with Gasteiger partial charge >= 0.3 is 6.09 Å². The van der Waals surface area contributed by atoms with E-state index in [9.17, 15) is 4.79 Å². The summed E-state index contributed by atoms with van der Waals surface area (Å²) in [4.78, 5) is 19.6. The molecule has 0 aromatic rings. The smallest absolute Gasteiger partial charge is 0.410 e. The quantitative estimate of drug-likeness (QED) is 0.777. The lowest BCUT2D eigenvalue weighted by molar-refractivity contribution is -0.00128. The summed E-state index contributed by atoms with van der Waals surface area (Å²) in [5, 5.41) is 0. The fraction of sp³-hybridized carbons (Fsp3) is 0.947. The van der Waals surface area contributed by atoms with Crippen LogP contribution in [0.5, 0.6) is 0 Å². The number of nitrogens with zero attached hydrogens (tertiary/aromatic N) is 3. The van der Waals surface area contributed by atoms with Crippen LogP contribution in [0.2, 0.25) is 0 Å². The highest BCUT2D eigenvalue weighted by atomic mass is 16.6. The third kappa shape index (κ3) is 3.43. The Morgan fingerprint density at radius 3 is 1.88 bits per heavy atom. The van der Waals surface area contributed by atoms with Crippen molar-refractivity contribution in [2.45, 2.75) is 89.1 Å². The molecule has 0 spiro atoms. The largest absolute Gasteiger partial charge is 0.444 e. The van der Waals surface area contributed by atoms with E-state index >= 15 is 0 Å². The van der Waals surface area contributed by atoms with Crippen molar-refractivity contribution in [1.29, 1.82) is 0 Å². The number of rotatable bonds is 2. The first-order valence-electron chi connectivity index (χ1n) is 9.90. The molecule has 3 aliphatic heterocycles. The first-order chi connectivity index (χ1) is 11.4. The van der Waals surface area contributed by atoms with E-state index in [0.717, 1.165) is 50.3 Å². The SMILES string of the molecule is CC(C)(C)OC(=O)N1CCN(C2CC3CCC(C2)N3C2CC2)CC1. The molecular formula is C19H33N3O2. The van der Waals surface area contributed by atoms with Crippen LogP contribution in [0.15, 0.2) is 0 Å². The Bertz CT molecular complexity index is 463. The summed E-state index contributed by atoms with van der Waals surface area (Å²) in [5.74, 6) is 0. The molecule has 1 aliphatic carbocycles. The van der Waals surface area contributed by atoms with Gasteiger partial charge in [0.1, 0.15) is 5.60 Å². The molecule has 2 bridgehead atoms. The second-order valence-electron chi connectivity index (χ2n) is 9.19. The Hall–Kier alpha value is -0.810. The fourth-order valence-electron chi connectivity index (χ4n) is 5.05. The maximum absolute atomic E-state index is 12.2. The zero-order chi connectivity index (χ0) is 16.9. The molecule has 0 aromatic heterocycles. The van der Waals surface area contributed by atoms with Gasteiger partial charge in [-0.3, -0.25) is 9.80 Å². The van der Waals surface area contributed by atoms with Gasteiger partial charge in [0, 0.05) is 50.3 Å². The van der Waals surface area contributed by atoms with Crippen LogP contribution in [0.25, 0.3) is 0 Å². The van der Waals surface area contributed by atoms with Crippen molar-refractivity contribution >= 4 is 6.09 Å². The van der Waals surface area contributed by atoms with E-state index in [-0.39, 0.29) is 6.09 Å². The molecule has 4 fully saturated rings. The van der Waals surface area contributed by atoms with Crippen molar-refractivity contribution in [3.8, 4) is 0 Å². The second-order valence-corrected chi connectivity index (χ2v) is 9.19. The van der Waals surface area contributed by atoms with Gasteiger partial charge in [0.2, 0.25) is 0 Å². The van der Waals surface area contributed by atoms with Crippen LogP contribution in [-0.2, 0) is 4.74 Å². The Balaban J connectivity index is 1.28. The number of piperazine rings is 1. The maximum atomic E-state index is 12.2. The van der Waals surface area contributed by atoms with E-state index in [1.54, 1.807) is 0 Å². The monoisotopic (exact) mass is 335 g/mol. The molecule has 4 rings (SSSR count). The first kappa shape index (κ1) is 16.6. The number of hydrogen-bond donors (Lipinski definition) is 0. The zero-order valence-corrected chi connectivity index (χ0v) is 15.5.